The van der Waals surface area contributed by atoms with Crippen LogP contribution in [-0.4, -0.2) is 35.7 Å². The molecule has 1 aromatic carbocycles. The summed E-state index contributed by atoms with van der Waals surface area (Å²) in [4.78, 5) is 2.62. The summed E-state index contributed by atoms with van der Waals surface area (Å²) in [7, 11) is 0. The average molecular weight is 330 g/mol. The summed E-state index contributed by atoms with van der Waals surface area (Å²) >= 11 is 1.76. The number of anilines is 1. The fraction of sp³-hybridized carbons (Fsp3) is 0.474. The molecule has 0 saturated heterocycles. The van der Waals surface area contributed by atoms with E-state index in [4.69, 9.17) is 0 Å². The molecule has 0 fully saturated rings. The van der Waals surface area contributed by atoms with Crippen LogP contribution in [0.5, 0.6) is 5.75 Å². The third kappa shape index (κ3) is 4.06. The molecule has 1 heterocycles. The van der Waals surface area contributed by atoms with Gasteiger partial charge in [0.1, 0.15) is 5.75 Å². The number of nitrogens with zero attached hydrogens (tertiary/aromatic N) is 1. The average Bonchev–Trinajstić information content (AvgIpc) is 3.07. The van der Waals surface area contributed by atoms with Crippen LogP contribution in [0.2, 0.25) is 0 Å². The van der Waals surface area contributed by atoms with Gasteiger partial charge in [-0.2, -0.15) is 0 Å². The van der Waals surface area contributed by atoms with Crippen molar-refractivity contribution in [2.24, 2.45) is 0 Å². The first-order valence-electron chi connectivity index (χ1n) is 8.59. The van der Waals surface area contributed by atoms with Gasteiger partial charge in [0.15, 0.2) is 0 Å². The first-order valence-corrected chi connectivity index (χ1v) is 9.47. The highest BCUT2D eigenvalue weighted by Gasteiger charge is 2.25. The number of rotatable bonds is 7. The lowest BCUT2D eigenvalue weighted by molar-refractivity contribution is 0.186. The zero-order valence-electron chi connectivity index (χ0n) is 13.8. The summed E-state index contributed by atoms with van der Waals surface area (Å²) in [6.07, 6.45) is 4.37. The van der Waals surface area contributed by atoms with Gasteiger partial charge in [0.2, 0.25) is 0 Å². The predicted molar refractivity (Wildman–Crippen MR) is 98.6 cm³/mol. The highest BCUT2D eigenvalue weighted by Crippen LogP contribution is 2.30. The number of hydrogen-bond acceptors (Lipinski definition) is 4. The van der Waals surface area contributed by atoms with Crippen LogP contribution in [0.3, 0.4) is 0 Å². The van der Waals surface area contributed by atoms with Gasteiger partial charge in [-0.25, -0.2) is 0 Å². The van der Waals surface area contributed by atoms with Gasteiger partial charge in [0, 0.05) is 19.1 Å². The van der Waals surface area contributed by atoms with Crippen molar-refractivity contribution in [1.82, 2.24) is 4.90 Å². The number of hydrogen-bond donors (Lipinski definition) is 2. The number of fused-ring (bicyclic) bond motifs is 1. The van der Waals surface area contributed by atoms with Crippen molar-refractivity contribution in [3.05, 3.63) is 46.8 Å². The molecule has 1 aromatic heterocycles. The Bertz CT molecular complexity index is 612. The van der Waals surface area contributed by atoms with E-state index in [9.17, 15) is 5.11 Å². The third-order valence-corrected chi connectivity index (χ3v) is 5.51. The van der Waals surface area contributed by atoms with E-state index >= 15 is 0 Å². The topological polar surface area (TPSA) is 35.5 Å². The number of benzene rings is 1. The Morgan fingerprint density at radius 2 is 2.17 bits per heavy atom. The lowest BCUT2D eigenvalue weighted by Crippen LogP contribution is -2.42. The van der Waals surface area contributed by atoms with Gasteiger partial charge in [-0.05, 0) is 66.9 Å². The van der Waals surface area contributed by atoms with Gasteiger partial charge >= 0.3 is 0 Å². The van der Waals surface area contributed by atoms with E-state index in [-0.39, 0.29) is 0 Å². The lowest BCUT2D eigenvalue weighted by atomic mass is 9.87. The van der Waals surface area contributed by atoms with Gasteiger partial charge in [0.25, 0.3) is 0 Å². The van der Waals surface area contributed by atoms with E-state index in [0.717, 1.165) is 44.5 Å². The molecule has 0 radical (unpaired) electrons. The van der Waals surface area contributed by atoms with Crippen LogP contribution >= 0.6 is 11.3 Å². The van der Waals surface area contributed by atoms with Crippen LogP contribution in [0.25, 0.3) is 0 Å². The summed E-state index contributed by atoms with van der Waals surface area (Å²) in [6, 6.07) is 10.8. The van der Waals surface area contributed by atoms with Crippen molar-refractivity contribution in [2.75, 3.05) is 25.0 Å². The largest absolute Gasteiger partial charge is 0.508 e. The minimum atomic E-state index is 0.474. The molecule has 4 heteroatoms. The molecule has 1 aliphatic rings. The van der Waals surface area contributed by atoms with Crippen molar-refractivity contribution in [3.63, 3.8) is 0 Å². The van der Waals surface area contributed by atoms with E-state index in [2.05, 4.69) is 40.7 Å². The fourth-order valence-corrected chi connectivity index (χ4v) is 4.19. The Morgan fingerprint density at radius 1 is 1.26 bits per heavy atom. The van der Waals surface area contributed by atoms with Crippen molar-refractivity contribution in [1.29, 1.82) is 0 Å². The van der Waals surface area contributed by atoms with E-state index in [1.807, 2.05) is 12.1 Å². The number of phenols is 1. The Kier molecular flexibility index (Phi) is 5.57. The first kappa shape index (κ1) is 16.3. The second kappa shape index (κ2) is 7.84. The van der Waals surface area contributed by atoms with E-state index in [0.29, 0.717) is 11.8 Å². The SMILES string of the molecule is CCCN(CCNc1cccs1)C1CCc2c(O)cccc2C1. The lowest BCUT2D eigenvalue weighted by Gasteiger charge is -2.35. The quantitative estimate of drug-likeness (QED) is 0.801. The van der Waals surface area contributed by atoms with Crippen LogP contribution in [0.15, 0.2) is 35.7 Å². The molecule has 2 aromatic rings. The van der Waals surface area contributed by atoms with Crippen LogP contribution in [0, 0.1) is 0 Å². The van der Waals surface area contributed by atoms with Gasteiger partial charge in [-0.15, -0.1) is 11.3 Å². The van der Waals surface area contributed by atoms with Crippen LogP contribution in [0.4, 0.5) is 5.00 Å². The molecule has 0 bridgehead atoms. The number of nitrogens with one attached hydrogen (secondary N) is 1. The number of thiophene rings is 1. The summed E-state index contributed by atoms with van der Waals surface area (Å²) in [5.41, 5.74) is 2.49. The Morgan fingerprint density at radius 3 is 2.96 bits per heavy atom. The van der Waals surface area contributed by atoms with Crippen molar-refractivity contribution in [3.8, 4) is 5.75 Å². The summed E-state index contributed by atoms with van der Waals surface area (Å²) in [5.74, 6) is 0.474. The zero-order chi connectivity index (χ0) is 16.1. The molecule has 23 heavy (non-hydrogen) atoms. The highest BCUT2D eigenvalue weighted by atomic mass is 32.1. The van der Waals surface area contributed by atoms with E-state index in [1.54, 1.807) is 11.3 Å². The van der Waals surface area contributed by atoms with Gasteiger partial charge in [-0.3, -0.25) is 4.90 Å². The summed E-state index contributed by atoms with van der Waals surface area (Å²) in [6.45, 7) is 5.46. The van der Waals surface area contributed by atoms with Crippen molar-refractivity contribution >= 4 is 16.3 Å². The monoisotopic (exact) mass is 330 g/mol. The molecule has 3 nitrogen and oxygen atoms in total. The minimum Gasteiger partial charge on any atom is -0.508 e. The maximum absolute atomic E-state index is 10.0. The summed E-state index contributed by atoms with van der Waals surface area (Å²) in [5, 5.41) is 16.9. The summed E-state index contributed by atoms with van der Waals surface area (Å²) < 4.78 is 0. The van der Waals surface area contributed by atoms with Gasteiger partial charge in [0.05, 0.1) is 5.00 Å². The first-order chi connectivity index (χ1) is 11.3. The molecule has 0 saturated carbocycles. The standard InChI is InChI=1S/C19H26N2OS/c1-2-11-21(12-10-20-19-7-4-13-23-19)16-8-9-17-15(14-16)5-3-6-18(17)22/h3-7,13,16,20,22H,2,8-12,14H2,1H3. The molecule has 1 unspecified atom stereocenters. The Hall–Kier alpha value is -1.52. The Balaban J connectivity index is 1.60. The van der Waals surface area contributed by atoms with Gasteiger partial charge in [-0.1, -0.05) is 19.1 Å². The maximum Gasteiger partial charge on any atom is 0.119 e. The normalized spacial score (nSPS) is 17.2. The minimum absolute atomic E-state index is 0.474. The Labute approximate surface area is 143 Å². The van der Waals surface area contributed by atoms with Crippen LogP contribution < -0.4 is 5.32 Å². The number of aromatic hydroxyl groups is 1. The molecule has 2 N–H and O–H groups in total. The second-order valence-electron chi connectivity index (χ2n) is 6.25. The van der Waals surface area contributed by atoms with E-state index in [1.165, 1.54) is 17.0 Å². The molecule has 0 spiro atoms. The second-order valence-corrected chi connectivity index (χ2v) is 7.20. The smallest absolute Gasteiger partial charge is 0.119 e. The van der Waals surface area contributed by atoms with E-state index < -0.39 is 0 Å². The zero-order valence-corrected chi connectivity index (χ0v) is 14.6. The molecular weight excluding hydrogens is 304 g/mol. The molecule has 1 atom stereocenters. The van der Waals surface area contributed by atoms with Crippen molar-refractivity contribution < 1.29 is 5.11 Å². The molecule has 1 aliphatic carbocycles. The molecule has 0 amide bonds. The van der Waals surface area contributed by atoms with Crippen molar-refractivity contribution in [2.45, 2.75) is 38.6 Å². The molecule has 0 aliphatic heterocycles. The predicted octanol–water partition coefficient (Wildman–Crippen LogP) is 4.14. The third-order valence-electron chi connectivity index (χ3n) is 4.68. The van der Waals surface area contributed by atoms with Crippen LogP contribution in [0.1, 0.15) is 30.9 Å². The highest BCUT2D eigenvalue weighted by molar-refractivity contribution is 7.14. The van der Waals surface area contributed by atoms with Crippen LogP contribution in [-0.2, 0) is 12.8 Å². The molecule has 124 valence electrons. The maximum atomic E-state index is 10.0. The fourth-order valence-electron chi connectivity index (χ4n) is 3.55. The molecular formula is C19H26N2OS. The molecule has 3 rings (SSSR count). The number of phenolic OH excluding ortho intramolecular Hbond substituents is 1. The van der Waals surface area contributed by atoms with Gasteiger partial charge < -0.3 is 10.4 Å².